The second-order valence-electron chi connectivity index (χ2n) is 4.74. The van der Waals surface area contributed by atoms with Crippen LogP contribution in [0.15, 0.2) is 6.07 Å². The quantitative estimate of drug-likeness (QED) is 0.840. The van der Waals surface area contributed by atoms with Crippen molar-refractivity contribution >= 4 is 15.8 Å². The fourth-order valence-corrected chi connectivity index (χ4v) is 2.90. The van der Waals surface area contributed by atoms with Gasteiger partial charge >= 0.3 is 0 Å². The largest absolute Gasteiger partial charge is 0.363 e. The maximum atomic E-state index is 11.7. The van der Waals surface area contributed by atoms with Crippen LogP contribution in [0.4, 0.5) is 5.82 Å². The monoisotopic (exact) mass is 270 g/mol. The molecule has 7 heteroatoms. The van der Waals surface area contributed by atoms with E-state index >= 15 is 0 Å². The molecule has 0 bridgehead atoms. The molecule has 18 heavy (non-hydrogen) atoms. The lowest BCUT2D eigenvalue weighted by Crippen LogP contribution is -2.28. The first-order valence-electron chi connectivity index (χ1n) is 5.89. The third-order valence-electron chi connectivity index (χ3n) is 2.74. The number of aromatic nitrogens is 2. The zero-order valence-corrected chi connectivity index (χ0v) is 11.7. The van der Waals surface area contributed by atoms with Crippen LogP contribution in [0.2, 0.25) is 0 Å². The number of hydrogen-bond donors (Lipinski definition) is 1. The van der Waals surface area contributed by atoms with E-state index < -0.39 is 10.0 Å². The van der Waals surface area contributed by atoms with E-state index in [9.17, 15) is 8.42 Å². The fraction of sp³-hybridized carbons (Fsp3) is 0.636. The van der Waals surface area contributed by atoms with E-state index in [1.54, 1.807) is 0 Å². The Morgan fingerprint density at radius 3 is 2.61 bits per heavy atom. The van der Waals surface area contributed by atoms with E-state index in [4.69, 9.17) is 0 Å². The minimum Gasteiger partial charge on any atom is -0.363 e. The third kappa shape index (κ3) is 3.17. The second-order valence-corrected chi connectivity index (χ2v) is 6.79. The molecular weight excluding hydrogens is 252 g/mol. The van der Waals surface area contributed by atoms with Gasteiger partial charge in [-0.3, -0.25) is 0 Å². The molecule has 0 amide bonds. The fourth-order valence-electron chi connectivity index (χ4n) is 1.58. The van der Waals surface area contributed by atoms with Crippen molar-refractivity contribution in [3.05, 3.63) is 17.6 Å². The van der Waals surface area contributed by atoms with E-state index in [2.05, 4.69) is 14.7 Å². The summed E-state index contributed by atoms with van der Waals surface area (Å²) in [6, 6.07) is 1.86. The van der Waals surface area contributed by atoms with Gasteiger partial charge in [-0.05, 0) is 19.8 Å². The predicted octanol–water partition coefficient (Wildman–Crippen LogP) is 0.433. The lowest BCUT2D eigenvalue weighted by Gasteiger charge is -2.13. The van der Waals surface area contributed by atoms with E-state index in [0.717, 1.165) is 24.4 Å². The Bertz CT molecular complexity index is 538. The molecule has 0 spiro atoms. The number of anilines is 1. The standard InChI is InChI=1S/C11H18N4O2S/c1-8-6-11(15(2)3)14-10(13-8)7-12-18(16,17)9-4-5-9/h6,9,12H,4-5,7H2,1-3H3. The molecule has 1 N–H and O–H groups in total. The van der Waals surface area contributed by atoms with Gasteiger partial charge in [-0.25, -0.2) is 23.1 Å². The van der Waals surface area contributed by atoms with Gasteiger partial charge in [-0.15, -0.1) is 0 Å². The first-order valence-corrected chi connectivity index (χ1v) is 7.43. The van der Waals surface area contributed by atoms with Crippen molar-refractivity contribution in [2.24, 2.45) is 0 Å². The van der Waals surface area contributed by atoms with E-state index in [-0.39, 0.29) is 11.8 Å². The van der Waals surface area contributed by atoms with Crippen LogP contribution in [-0.2, 0) is 16.6 Å². The van der Waals surface area contributed by atoms with Crippen LogP contribution in [0.3, 0.4) is 0 Å². The van der Waals surface area contributed by atoms with Gasteiger partial charge in [0.15, 0.2) is 0 Å². The summed E-state index contributed by atoms with van der Waals surface area (Å²) in [4.78, 5) is 10.4. The highest BCUT2D eigenvalue weighted by Crippen LogP contribution is 2.27. The van der Waals surface area contributed by atoms with Crippen molar-refractivity contribution in [3.8, 4) is 0 Å². The maximum absolute atomic E-state index is 11.7. The summed E-state index contributed by atoms with van der Waals surface area (Å²) in [7, 11) is 0.603. The Hall–Kier alpha value is -1.21. The van der Waals surface area contributed by atoms with Gasteiger partial charge < -0.3 is 4.90 Å². The van der Waals surface area contributed by atoms with Gasteiger partial charge in [0, 0.05) is 25.9 Å². The molecule has 6 nitrogen and oxygen atoms in total. The SMILES string of the molecule is Cc1cc(N(C)C)nc(CNS(=O)(=O)C2CC2)n1. The van der Waals surface area contributed by atoms with Gasteiger partial charge in [0.2, 0.25) is 10.0 Å². The first kappa shape index (κ1) is 13.2. The number of aryl methyl sites for hydroxylation is 1. The van der Waals surface area contributed by atoms with Gasteiger partial charge in [0.25, 0.3) is 0 Å². The average molecular weight is 270 g/mol. The maximum Gasteiger partial charge on any atom is 0.214 e. The van der Waals surface area contributed by atoms with Crippen molar-refractivity contribution in [3.63, 3.8) is 0 Å². The molecule has 1 aromatic heterocycles. The molecule has 1 fully saturated rings. The molecule has 1 aromatic rings. The lowest BCUT2D eigenvalue weighted by atomic mass is 10.4. The number of nitrogens with one attached hydrogen (secondary N) is 1. The number of hydrogen-bond acceptors (Lipinski definition) is 5. The Labute approximate surface area is 107 Å². The molecule has 1 saturated carbocycles. The van der Waals surface area contributed by atoms with Crippen LogP contribution < -0.4 is 9.62 Å². The summed E-state index contributed by atoms with van der Waals surface area (Å²) >= 11 is 0. The Kier molecular flexibility index (Phi) is 3.54. The molecule has 2 rings (SSSR count). The number of nitrogens with zero attached hydrogens (tertiary/aromatic N) is 3. The normalized spacial score (nSPS) is 15.7. The highest BCUT2D eigenvalue weighted by molar-refractivity contribution is 7.90. The number of sulfonamides is 1. The third-order valence-corrected chi connectivity index (χ3v) is 4.64. The molecule has 1 aliphatic rings. The summed E-state index contributed by atoms with van der Waals surface area (Å²) < 4.78 is 25.9. The molecule has 100 valence electrons. The minimum absolute atomic E-state index is 0.154. The van der Waals surface area contributed by atoms with Crippen LogP contribution in [0.1, 0.15) is 24.4 Å². The predicted molar refractivity (Wildman–Crippen MR) is 69.9 cm³/mol. The van der Waals surface area contributed by atoms with Crippen molar-refractivity contribution in [2.45, 2.75) is 31.6 Å². The molecule has 1 heterocycles. The lowest BCUT2D eigenvalue weighted by molar-refractivity contribution is 0.577. The Morgan fingerprint density at radius 2 is 2.06 bits per heavy atom. The topological polar surface area (TPSA) is 75.2 Å². The van der Waals surface area contributed by atoms with Crippen LogP contribution in [0.5, 0.6) is 0 Å². The molecule has 0 saturated heterocycles. The average Bonchev–Trinajstić information content (AvgIpc) is 3.09. The Morgan fingerprint density at radius 1 is 1.39 bits per heavy atom. The van der Waals surface area contributed by atoms with Crippen LogP contribution in [-0.4, -0.2) is 37.7 Å². The summed E-state index contributed by atoms with van der Waals surface area (Å²) in [6.45, 7) is 2.02. The van der Waals surface area contributed by atoms with Gasteiger partial charge in [-0.2, -0.15) is 0 Å². The Balaban J connectivity index is 2.09. The van der Waals surface area contributed by atoms with Crippen molar-refractivity contribution in [1.29, 1.82) is 0 Å². The van der Waals surface area contributed by atoms with Gasteiger partial charge in [0.1, 0.15) is 11.6 Å². The molecule has 0 aliphatic heterocycles. The second kappa shape index (κ2) is 4.81. The van der Waals surface area contributed by atoms with E-state index in [0.29, 0.717) is 5.82 Å². The van der Waals surface area contributed by atoms with Gasteiger partial charge in [-0.1, -0.05) is 0 Å². The molecular formula is C11H18N4O2S. The molecule has 0 aromatic carbocycles. The van der Waals surface area contributed by atoms with Crippen molar-refractivity contribution in [1.82, 2.24) is 14.7 Å². The summed E-state index contributed by atoms with van der Waals surface area (Å²) in [5, 5.41) is -0.212. The van der Waals surface area contributed by atoms with E-state index in [1.807, 2.05) is 32.0 Å². The zero-order valence-electron chi connectivity index (χ0n) is 10.8. The first-order chi connectivity index (χ1) is 8.38. The minimum atomic E-state index is -3.17. The van der Waals surface area contributed by atoms with Crippen molar-refractivity contribution in [2.75, 3.05) is 19.0 Å². The smallest absolute Gasteiger partial charge is 0.214 e. The highest BCUT2D eigenvalue weighted by Gasteiger charge is 2.35. The van der Waals surface area contributed by atoms with Crippen LogP contribution >= 0.6 is 0 Å². The highest BCUT2D eigenvalue weighted by atomic mass is 32.2. The van der Waals surface area contributed by atoms with Crippen molar-refractivity contribution < 1.29 is 8.42 Å². The molecule has 1 aliphatic carbocycles. The summed E-state index contributed by atoms with van der Waals surface area (Å²) in [5.41, 5.74) is 0.828. The van der Waals surface area contributed by atoms with E-state index in [1.165, 1.54) is 0 Å². The molecule has 0 unspecified atom stereocenters. The summed E-state index contributed by atoms with van der Waals surface area (Å²) in [6.07, 6.45) is 1.51. The van der Waals surface area contributed by atoms with Crippen LogP contribution in [0.25, 0.3) is 0 Å². The van der Waals surface area contributed by atoms with Crippen LogP contribution in [0, 0.1) is 6.92 Å². The molecule has 0 radical (unpaired) electrons. The summed E-state index contributed by atoms with van der Waals surface area (Å²) in [5.74, 6) is 1.28. The molecule has 0 atom stereocenters. The van der Waals surface area contributed by atoms with Gasteiger partial charge in [0.05, 0.1) is 11.8 Å². The number of rotatable bonds is 5. The zero-order chi connectivity index (χ0) is 13.3.